The number of fused-ring (bicyclic) bond motifs is 1. The average molecular weight is 347 g/mol. The van der Waals surface area contributed by atoms with Gasteiger partial charge in [-0.3, -0.25) is 4.98 Å². The summed E-state index contributed by atoms with van der Waals surface area (Å²) in [6.07, 6.45) is 6.00. The zero-order valence-corrected chi connectivity index (χ0v) is 12.9. The standard InChI is InChI=1S/C14H11BrN4S/c15-10-3-4-13-18-14(9-2-1-5-17-7-9)11(6-12(16)20)19(13)8-10/h1-5,7-8H,6H2,(H2,16,20). The van der Waals surface area contributed by atoms with Crippen molar-refractivity contribution in [3.05, 3.63) is 53.0 Å². The summed E-state index contributed by atoms with van der Waals surface area (Å²) in [5.41, 5.74) is 9.38. The molecule has 0 aliphatic rings. The normalized spacial score (nSPS) is 10.8. The van der Waals surface area contributed by atoms with Crippen molar-refractivity contribution in [2.24, 2.45) is 5.73 Å². The number of pyridine rings is 2. The van der Waals surface area contributed by atoms with E-state index in [2.05, 4.69) is 25.9 Å². The quantitative estimate of drug-likeness (QED) is 0.740. The Morgan fingerprint density at radius 1 is 1.35 bits per heavy atom. The molecular formula is C14H11BrN4S. The van der Waals surface area contributed by atoms with Crippen molar-refractivity contribution >= 4 is 38.8 Å². The van der Waals surface area contributed by atoms with Gasteiger partial charge in [-0.25, -0.2) is 4.98 Å². The van der Waals surface area contributed by atoms with Gasteiger partial charge < -0.3 is 10.1 Å². The van der Waals surface area contributed by atoms with Gasteiger partial charge in [0.1, 0.15) is 5.65 Å². The first-order valence-corrected chi connectivity index (χ1v) is 7.20. The maximum absolute atomic E-state index is 5.72. The van der Waals surface area contributed by atoms with E-state index in [9.17, 15) is 0 Å². The van der Waals surface area contributed by atoms with Crippen molar-refractivity contribution in [1.29, 1.82) is 0 Å². The maximum Gasteiger partial charge on any atom is 0.137 e. The van der Waals surface area contributed by atoms with Crippen molar-refractivity contribution in [3.63, 3.8) is 0 Å². The summed E-state index contributed by atoms with van der Waals surface area (Å²) in [4.78, 5) is 9.25. The Hall–Kier alpha value is -1.79. The Kier molecular flexibility index (Phi) is 3.50. The van der Waals surface area contributed by atoms with Crippen LogP contribution in [0.1, 0.15) is 5.69 Å². The molecule has 20 heavy (non-hydrogen) atoms. The molecule has 0 atom stereocenters. The molecule has 3 rings (SSSR count). The van der Waals surface area contributed by atoms with Crippen LogP contribution in [-0.2, 0) is 6.42 Å². The third-order valence-corrected chi connectivity index (χ3v) is 3.57. The molecule has 6 heteroatoms. The Labute approximate surface area is 129 Å². The second-order valence-corrected chi connectivity index (χ2v) is 5.81. The lowest BCUT2D eigenvalue weighted by atomic mass is 10.1. The minimum absolute atomic E-state index is 0.442. The summed E-state index contributed by atoms with van der Waals surface area (Å²) in [6, 6.07) is 7.78. The second-order valence-electron chi connectivity index (χ2n) is 4.37. The van der Waals surface area contributed by atoms with Crippen LogP contribution in [0.5, 0.6) is 0 Å². The molecule has 0 aliphatic heterocycles. The van der Waals surface area contributed by atoms with Gasteiger partial charge in [-0.15, -0.1) is 0 Å². The second kappa shape index (κ2) is 5.30. The molecule has 0 amide bonds. The van der Waals surface area contributed by atoms with Gasteiger partial charge >= 0.3 is 0 Å². The van der Waals surface area contributed by atoms with Crippen LogP contribution in [0.3, 0.4) is 0 Å². The molecule has 100 valence electrons. The van der Waals surface area contributed by atoms with Crippen LogP contribution in [-0.4, -0.2) is 19.4 Å². The van der Waals surface area contributed by atoms with E-state index >= 15 is 0 Å². The van der Waals surface area contributed by atoms with Crippen molar-refractivity contribution in [3.8, 4) is 11.3 Å². The predicted molar refractivity (Wildman–Crippen MR) is 86.6 cm³/mol. The molecule has 3 aromatic rings. The summed E-state index contributed by atoms with van der Waals surface area (Å²) >= 11 is 8.53. The topological polar surface area (TPSA) is 56.2 Å². The van der Waals surface area contributed by atoms with E-state index in [1.165, 1.54) is 0 Å². The zero-order valence-electron chi connectivity index (χ0n) is 10.5. The SMILES string of the molecule is NC(=S)Cc1c(-c2cccnc2)nc2ccc(Br)cn12. The molecule has 0 fully saturated rings. The molecule has 0 spiro atoms. The Morgan fingerprint density at radius 2 is 2.20 bits per heavy atom. The van der Waals surface area contributed by atoms with Gasteiger partial charge in [-0.1, -0.05) is 12.2 Å². The highest BCUT2D eigenvalue weighted by Gasteiger charge is 2.15. The maximum atomic E-state index is 5.72. The highest BCUT2D eigenvalue weighted by Crippen LogP contribution is 2.25. The lowest BCUT2D eigenvalue weighted by molar-refractivity contribution is 1.07. The molecule has 0 unspecified atom stereocenters. The molecule has 0 aliphatic carbocycles. The number of rotatable bonds is 3. The Balaban J connectivity index is 2.28. The van der Waals surface area contributed by atoms with Gasteiger partial charge in [-0.05, 0) is 40.2 Å². The van der Waals surface area contributed by atoms with Gasteiger partial charge in [0.15, 0.2) is 0 Å². The van der Waals surface area contributed by atoms with Crippen LogP contribution in [0.15, 0.2) is 47.3 Å². The predicted octanol–water partition coefficient (Wildman–Crippen LogP) is 2.99. The molecule has 0 saturated heterocycles. The van der Waals surface area contributed by atoms with E-state index in [1.807, 2.05) is 34.9 Å². The van der Waals surface area contributed by atoms with Crippen molar-refractivity contribution in [2.75, 3.05) is 0 Å². The van der Waals surface area contributed by atoms with Gasteiger partial charge in [0, 0.05) is 35.0 Å². The molecule has 0 bridgehead atoms. The van der Waals surface area contributed by atoms with Crippen LogP contribution in [0.4, 0.5) is 0 Å². The first-order chi connectivity index (χ1) is 9.65. The highest BCUT2D eigenvalue weighted by atomic mass is 79.9. The molecule has 3 aromatic heterocycles. The van der Waals surface area contributed by atoms with Gasteiger partial charge in [0.2, 0.25) is 0 Å². The number of nitrogens with two attached hydrogens (primary N) is 1. The third kappa shape index (κ3) is 2.44. The summed E-state index contributed by atoms with van der Waals surface area (Å²) in [5.74, 6) is 0. The first-order valence-electron chi connectivity index (χ1n) is 6.00. The van der Waals surface area contributed by atoms with E-state index in [0.29, 0.717) is 11.4 Å². The fraction of sp³-hybridized carbons (Fsp3) is 0.0714. The van der Waals surface area contributed by atoms with Gasteiger partial charge in [-0.2, -0.15) is 0 Å². The van der Waals surface area contributed by atoms with Crippen molar-refractivity contribution in [2.45, 2.75) is 6.42 Å². The van der Waals surface area contributed by atoms with Crippen LogP contribution in [0, 0.1) is 0 Å². The molecule has 2 N–H and O–H groups in total. The first kappa shape index (κ1) is 13.2. The fourth-order valence-corrected chi connectivity index (χ4v) is 2.61. The van der Waals surface area contributed by atoms with E-state index in [-0.39, 0.29) is 0 Å². The van der Waals surface area contributed by atoms with Gasteiger partial charge in [0.25, 0.3) is 0 Å². The summed E-state index contributed by atoms with van der Waals surface area (Å²) in [7, 11) is 0. The number of nitrogens with zero attached hydrogens (tertiary/aromatic N) is 3. The molecule has 0 aromatic carbocycles. The van der Waals surface area contributed by atoms with Crippen LogP contribution < -0.4 is 5.73 Å². The van der Waals surface area contributed by atoms with Crippen molar-refractivity contribution in [1.82, 2.24) is 14.4 Å². The molecular weight excluding hydrogens is 336 g/mol. The molecule has 0 saturated carbocycles. The number of aromatic nitrogens is 3. The van der Waals surface area contributed by atoms with E-state index in [0.717, 1.165) is 27.1 Å². The summed E-state index contributed by atoms with van der Waals surface area (Å²) in [5, 5.41) is 0. The monoisotopic (exact) mass is 346 g/mol. The largest absolute Gasteiger partial charge is 0.393 e. The number of hydrogen-bond donors (Lipinski definition) is 1. The molecule has 4 nitrogen and oxygen atoms in total. The minimum Gasteiger partial charge on any atom is -0.393 e. The number of imidazole rings is 1. The van der Waals surface area contributed by atoms with Crippen LogP contribution >= 0.6 is 28.1 Å². The van der Waals surface area contributed by atoms with Crippen molar-refractivity contribution < 1.29 is 0 Å². The number of halogens is 1. The lowest BCUT2D eigenvalue weighted by Gasteiger charge is -2.04. The van der Waals surface area contributed by atoms with Gasteiger partial charge in [0.05, 0.1) is 16.4 Å². The van der Waals surface area contributed by atoms with Crippen LogP contribution in [0.2, 0.25) is 0 Å². The van der Waals surface area contributed by atoms with E-state index in [4.69, 9.17) is 18.0 Å². The number of hydrogen-bond acceptors (Lipinski definition) is 3. The smallest absolute Gasteiger partial charge is 0.137 e. The van der Waals surface area contributed by atoms with E-state index in [1.54, 1.807) is 12.4 Å². The molecule has 0 radical (unpaired) electrons. The Bertz CT molecular complexity index is 782. The summed E-state index contributed by atoms with van der Waals surface area (Å²) < 4.78 is 2.98. The highest BCUT2D eigenvalue weighted by molar-refractivity contribution is 9.10. The van der Waals surface area contributed by atoms with Crippen LogP contribution in [0.25, 0.3) is 16.9 Å². The Morgan fingerprint density at radius 3 is 2.90 bits per heavy atom. The average Bonchev–Trinajstić information content (AvgIpc) is 2.77. The minimum atomic E-state index is 0.442. The lowest BCUT2D eigenvalue weighted by Crippen LogP contribution is -2.13. The third-order valence-electron chi connectivity index (χ3n) is 2.96. The zero-order chi connectivity index (χ0) is 14.1. The number of thiocarbonyl (C=S) groups is 1. The summed E-state index contributed by atoms with van der Waals surface area (Å²) in [6.45, 7) is 0. The van der Waals surface area contributed by atoms with E-state index < -0.39 is 0 Å². The molecule has 3 heterocycles. The fourth-order valence-electron chi connectivity index (χ4n) is 2.14.